The van der Waals surface area contributed by atoms with Crippen LogP contribution in [0.2, 0.25) is 0 Å². The van der Waals surface area contributed by atoms with E-state index in [1.54, 1.807) is 6.92 Å². The number of nitrogens with zero attached hydrogens (tertiary/aromatic N) is 2. The highest BCUT2D eigenvalue weighted by atomic mass is 32.2. The number of carbonyl (C=O) groups is 1. The number of non-ortho nitro benzene ring substituents is 1. The first kappa shape index (κ1) is 18.9. The second kappa shape index (κ2) is 7.40. The summed E-state index contributed by atoms with van der Waals surface area (Å²) in [4.78, 5) is 22.2. The Morgan fingerprint density at radius 3 is 2.48 bits per heavy atom. The molecule has 0 fully saturated rings. The molecule has 0 atom stereocenters. The number of sulfonamides is 1. The van der Waals surface area contributed by atoms with E-state index >= 15 is 0 Å². The highest BCUT2D eigenvalue weighted by Gasteiger charge is 2.24. The van der Waals surface area contributed by atoms with Gasteiger partial charge in [0, 0.05) is 18.7 Å². The quantitative estimate of drug-likeness (QED) is 0.595. The van der Waals surface area contributed by atoms with Crippen molar-refractivity contribution in [2.45, 2.75) is 20.8 Å². The molecule has 0 spiro atoms. The van der Waals surface area contributed by atoms with E-state index in [0.29, 0.717) is 12.1 Å². The van der Waals surface area contributed by atoms with Crippen LogP contribution in [0.4, 0.5) is 11.4 Å². The molecule has 0 aliphatic heterocycles. The smallest absolute Gasteiger partial charge is 0.271 e. The molecule has 0 unspecified atom stereocenters. The Hall–Kier alpha value is -2.16. The van der Waals surface area contributed by atoms with Crippen LogP contribution in [0.25, 0.3) is 0 Å². The molecule has 0 heterocycles. The van der Waals surface area contributed by atoms with Crippen LogP contribution in [-0.2, 0) is 14.8 Å². The zero-order valence-electron chi connectivity index (χ0n) is 13.6. The number of nitro groups is 1. The Bertz CT molecular complexity index is 700. The lowest BCUT2D eigenvalue weighted by Crippen LogP contribution is -2.41. The zero-order chi connectivity index (χ0) is 17.8. The molecular weight excluding hydrogens is 322 g/mol. The number of nitro benzene ring substituents is 1. The predicted molar refractivity (Wildman–Crippen MR) is 87.9 cm³/mol. The number of benzene rings is 1. The van der Waals surface area contributed by atoms with Crippen LogP contribution in [0.3, 0.4) is 0 Å². The van der Waals surface area contributed by atoms with Crippen molar-refractivity contribution in [3.63, 3.8) is 0 Å². The van der Waals surface area contributed by atoms with E-state index in [-0.39, 0.29) is 17.3 Å². The Labute approximate surface area is 135 Å². The van der Waals surface area contributed by atoms with Crippen molar-refractivity contribution in [1.82, 2.24) is 5.32 Å². The molecule has 0 aromatic heterocycles. The van der Waals surface area contributed by atoms with Gasteiger partial charge in [-0.05, 0) is 18.4 Å². The maximum atomic E-state index is 12.0. The van der Waals surface area contributed by atoms with E-state index in [1.165, 1.54) is 12.1 Å². The third-order valence-electron chi connectivity index (χ3n) is 3.07. The second-order valence-corrected chi connectivity index (χ2v) is 7.60. The summed E-state index contributed by atoms with van der Waals surface area (Å²) in [5.41, 5.74) is 0.418. The molecule has 0 radical (unpaired) electrons. The highest BCUT2D eigenvalue weighted by Crippen LogP contribution is 2.27. The SMILES string of the molecule is Cc1ccc([N+](=O)[O-])cc1N(CC(=O)NCC(C)C)S(C)(=O)=O. The van der Waals surface area contributed by atoms with Crippen LogP contribution in [0, 0.1) is 23.0 Å². The summed E-state index contributed by atoms with van der Waals surface area (Å²) >= 11 is 0. The number of hydrogen-bond donors (Lipinski definition) is 1. The van der Waals surface area contributed by atoms with Gasteiger partial charge in [0.25, 0.3) is 5.69 Å². The van der Waals surface area contributed by atoms with Gasteiger partial charge >= 0.3 is 0 Å². The number of anilines is 1. The monoisotopic (exact) mass is 343 g/mol. The number of amides is 1. The molecule has 1 rings (SSSR count). The minimum Gasteiger partial charge on any atom is -0.354 e. The maximum absolute atomic E-state index is 12.0. The minimum absolute atomic E-state index is 0.126. The van der Waals surface area contributed by atoms with Gasteiger partial charge in [-0.15, -0.1) is 0 Å². The molecule has 0 bridgehead atoms. The average molecular weight is 343 g/mol. The number of aryl methyl sites for hydroxylation is 1. The Kier molecular flexibility index (Phi) is 6.08. The Balaban J connectivity index is 3.16. The van der Waals surface area contributed by atoms with Crippen LogP contribution in [0.15, 0.2) is 18.2 Å². The van der Waals surface area contributed by atoms with Crippen molar-refractivity contribution in [2.24, 2.45) is 5.92 Å². The summed E-state index contributed by atoms with van der Waals surface area (Å²) in [6, 6.07) is 3.90. The van der Waals surface area contributed by atoms with Gasteiger partial charge in [-0.1, -0.05) is 19.9 Å². The average Bonchev–Trinajstić information content (AvgIpc) is 2.42. The lowest BCUT2D eigenvalue weighted by molar-refractivity contribution is -0.384. The Morgan fingerprint density at radius 2 is 2.00 bits per heavy atom. The largest absolute Gasteiger partial charge is 0.354 e. The van der Waals surface area contributed by atoms with Crippen molar-refractivity contribution in [3.8, 4) is 0 Å². The van der Waals surface area contributed by atoms with E-state index in [4.69, 9.17) is 0 Å². The second-order valence-electron chi connectivity index (χ2n) is 5.70. The van der Waals surface area contributed by atoms with Gasteiger partial charge in [-0.3, -0.25) is 19.2 Å². The number of rotatable bonds is 7. The fourth-order valence-electron chi connectivity index (χ4n) is 1.87. The van der Waals surface area contributed by atoms with E-state index < -0.39 is 27.4 Å². The molecule has 1 aromatic carbocycles. The molecule has 0 aliphatic rings. The van der Waals surface area contributed by atoms with Gasteiger partial charge < -0.3 is 5.32 Å². The Morgan fingerprint density at radius 1 is 1.39 bits per heavy atom. The van der Waals surface area contributed by atoms with Gasteiger partial charge in [0.2, 0.25) is 15.9 Å². The molecule has 1 amide bonds. The van der Waals surface area contributed by atoms with E-state index in [1.807, 2.05) is 13.8 Å². The molecule has 128 valence electrons. The lowest BCUT2D eigenvalue weighted by Gasteiger charge is -2.23. The maximum Gasteiger partial charge on any atom is 0.271 e. The molecule has 23 heavy (non-hydrogen) atoms. The van der Waals surface area contributed by atoms with Crippen LogP contribution in [0.1, 0.15) is 19.4 Å². The van der Waals surface area contributed by atoms with Crippen LogP contribution < -0.4 is 9.62 Å². The molecule has 8 nitrogen and oxygen atoms in total. The summed E-state index contributed by atoms with van der Waals surface area (Å²) in [7, 11) is -3.77. The molecule has 9 heteroatoms. The standard InChI is InChI=1S/C14H21N3O5S/c1-10(2)8-15-14(18)9-16(23(4,21)22)13-7-12(17(19)20)6-5-11(13)3/h5-7,10H,8-9H2,1-4H3,(H,15,18). The minimum atomic E-state index is -3.77. The summed E-state index contributed by atoms with van der Waals surface area (Å²) in [6.45, 7) is 5.46. The first-order valence-electron chi connectivity index (χ1n) is 7.01. The van der Waals surface area contributed by atoms with E-state index in [2.05, 4.69) is 5.32 Å². The van der Waals surface area contributed by atoms with Crippen molar-refractivity contribution < 1.29 is 18.1 Å². The summed E-state index contributed by atoms with van der Waals surface area (Å²) < 4.78 is 24.9. The van der Waals surface area contributed by atoms with Gasteiger partial charge in [0.05, 0.1) is 16.9 Å². The normalized spacial score (nSPS) is 11.3. The van der Waals surface area contributed by atoms with Crippen molar-refractivity contribution in [2.75, 3.05) is 23.7 Å². The lowest BCUT2D eigenvalue weighted by atomic mass is 10.2. The zero-order valence-corrected chi connectivity index (χ0v) is 14.4. The number of carbonyl (C=O) groups excluding carboxylic acids is 1. The molecule has 0 aliphatic carbocycles. The topological polar surface area (TPSA) is 110 Å². The summed E-state index contributed by atoms with van der Waals surface area (Å²) in [5.74, 6) is -0.236. The number of hydrogen-bond acceptors (Lipinski definition) is 5. The van der Waals surface area contributed by atoms with Gasteiger partial charge in [0.1, 0.15) is 6.54 Å². The van der Waals surface area contributed by atoms with Crippen LogP contribution in [-0.4, -0.2) is 38.6 Å². The third kappa shape index (κ3) is 5.51. The van der Waals surface area contributed by atoms with Crippen molar-refractivity contribution in [1.29, 1.82) is 0 Å². The molecular formula is C14H21N3O5S. The predicted octanol–water partition coefficient (Wildman–Crippen LogP) is 1.44. The highest BCUT2D eigenvalue weighted by molar-refractivity contribution is 7.92. The van der Waals surface area contributed by atoms with Crippen LogP contribution >= 0.6 is 0 Å². The van der Waals surface area contributed by atoms with Crippen molar-refractivity contribution in [3.05, 3.63) is 33.9 Å². The fourth-order valence-corrected chi connectivity index (χ4v) is 2.77. The fraction of sp³-hybridized carbons (Fsp3) is 0.500. The van der Waals surface area contributed by atoms with Crippen LogP contribution in [0.5, 0.6) is 0 Å². The number of nitrogens with one attached hydrogen (secondary N) is 1. The van der Waals surface area contributed by atoms with Gasteiger partial charge in [0.15, 0.2) is 0 Å². The molecule has 0 saturated heterocycles. The van der Waals surface area contributed by atoms with Crippen molar-refractivity contribution >= 4 is 27.3 Å². The molecule has 1 aromatic rings. The van der Waals surface area contributed by atoms with E-state index in [9.17, 15) is 23.3 Å². The summed E-state index contributed by atoms with van der Waals surface area (Å²) in [6.07, 6.45) is 0.959. The first-order valence-corrected chi connectivity index (χ1v) is 8.86. The molecule has 0 saturated carbocycles. The molecule has 1 N–H and O–H groups in total. The first-order chi connectivity index (χ1) is 10.5. The third-order valence-corrected chi connectivity index (χ3v) is 4.19. The van der Waals surface area contributed by atoms with E-state index in [0.717, 1.165) is 16.6 Å². The summed E-state index contributed by atoms with van der Waals surface area (Å²) in [5, 5.41) is 13.5. The van der Waals surface area contributed by atoms with Gasteiger partial charge in [-0.2, -0.15) is 0 Å². The van der Waals surface area contributed by atoms with Gasteiger partial charge in [-0.25, -0.2) is 8.42 Å².